The fraction of sp³-hybridized carbons (Fsp3) is 0.636. The summed E-state index contributed by atoms with van der Waals surface area (Å²) in [6.07, 6.45) is 2.88. The molecule has 3 rings (SSSR count). The Morgan fingerprint density at radius 2 is 2.41 bits per heavy atom. The summed E-state index contributed by atoms with van der Waals surface area (Å²) >= 11 is 1.99. The molecule has 0 spiro atoms. The number of fused-ring (bicyclic) bond motifs is 1. The molecule has 2 aliphatic rings. The first-order valence-electron chi connectivity index (χ1n) is 5.85. The lowest BCUT2D eigenvalue weighted by atomic mass is 10.1. The molecule has 92 valence electrons. The number of rotatable bonds is 2. The molecule has 3 heterocycles. The summed E-state index contributed by atoms with van der Waals surface area (Å²) in [5.74, 6) is 1.49. The first-order chi connectivity index (χ1) is 8.25. The van der Waals surface area contributed by atoms with Crippen LogP contribution < -0.4 is 0 Å². The van der Waals surface area contributed by atoms with E-state index in [1.165, 1.54) is 17.9 Å². The van der Waals surface area contributed by atoms with Crippen molar-refractivity contribution in [1.29, 1.82) is 0 Å². The molecule has 17 heavy (non-hydrogen) atoms. The van der Waals surface area contributed by atoms with E-state index in [1.54, 1.807) is 6.33 Å². The van der Waals surface area contributed by atoms with Gasteiger partial charge in [0.15, 0.2) is 5.69 Å². The third-order valence-corrected chi connectivity index (χ3v) is 4.70. The number of aromatic carboxylic acids is 1. The third-order valence-electron chi connectivity index (χ3n) is 3.55. The van der Waals surface area contributed by atoms with Gasteiger partial charge in [-0.3, -0.25) is 4.90 Å². The fourth-order valence-corrected chi connectivity index (χ4v) is 3.83. The molecule has 1 saturated heterocycles. The summed E-state index contributed by atoms with van der Waals surface area (Å²) < 4.78 is 1.97. The van der Waals surface area contributed by atoms with Crippen molar-refractivity contribution in [2.45, 2.75) is 25.6 Å². The van der Waals surface area contributed by atoms with Gasteiger partial charge in [-0.1, -0.05) is 0 Å². The number of hydrogen-bond donors (Lipinski definition) is 1. The van der Waals surface area contributed by atoms with E-state index < -0.39 is 5.97 Å². The van der Waals surface area contributed by atoms with Gasteiger partial charge >= 0.3 is 5.97 Å². The van der Waals surface area contributed by atoms with Crippen LogP contribution in [0.25, 0.3) is 0 Å². The zero-order chi connectivity index (χ0) is 11.8. The Morgan fingerprint density at radius 3 is 3.12 bits per heavy atom. The molecule has 0 saturated carbocycles. The normalized spacial score (nSPS) is 24.8. The summed E-state index contributed by atoms with van der Waals surface area (Å²) in [5, 5.41) is 9.08. The van der Waals surface area contributed by atoms with Crippen LogP contribution >= 0.6 is 11.8 Å². The van der Waals surface area contributed by atoms with Gasteiger partial charge in [-0.05, 0) is 12.2 Å². The lowest BCUT2D eigenvalue weighted by molar-refractivity contribution is 0.0685. The summed E-state index contributed by atoms with van der Waals surface area (Å²) in [6, 6.07) is 0.616. The Kier molecular flexibility index (Phi) is 2.84. The van der Waals surface area contributed by atoms with Crippen LogP contribution in [0.4, 0.5) is 0 Å². The maximum Gasteiger partial charge on any atom is 0.356 e. The van der Waals surface area contributed by atoms with Gasteiger partial charge < -0.3 is 9.67 Å². The van der Waals surface area contributed by atoms with Gasteiger partial charge in [0.05, 0.1) is 12.0 Å². The first kappa shape index (κ1) is 11.1. The van der Waals surface area contributed by atoms with Crippen LogP contribution in [0.3, 0.4) is 0 Å². The van der Waals surface area contributed by atoms with Crippen LogP contribution in [0.5, 0.6) is 0 Å². The van der Waals surface area contributed by atoms with E-state index in [4.69, 9.17) is 5.11 Å². The van der Waals surface area contributed by atoms with E-state index in [0.29, 0.717) is 6.04 Å². The van der Waals surface area contributed by atoms with Crippen molar-refractivity contribution in [3.63, 3.8) is 0 Å². The van der Waals surface area contributed by atoms with Gasteiger partial charge in [0.25, 0.3) is 0 Å². The van der Waals surface area contributed by atoms with Gasteiger partial charge in [0, 0.05) is 31.4 Å². The lowest BCUT2D eigenvalue weighted by Crippen LogP contribution is -2.41. The van der Waals surface area contributed by atoms with Gasteiger partial charge in [0.1, 0.15) is 0 Å². The van der Waals surface area contributed by atoms with Gasteiger partial charge in [-0.2, -0.15) is 11.8 Å². The number of carboxylic acids is 1. The Hall–Kier alpha value is -1.01. The van der Waals surface area contributed by atoms with Crippen molar-refractivity contribution in [3.05, 3.63) is 17.7 Å². The van der Waals surface area contributed by atoms with Crippen molar-refractivity contribution in [1.82, 2.24) is 14.5 Å². The molecular formula is C11H15N3O2S. The summed E-state index contributed by atoms with van der Waals surface area (Å²) in [7, 11) is 0. The molecular weight excluding hydrogens is 238 g/mol. The van der Waals surface area contributed by atoms with E-state index in [2.05, 4.69) is 9.88 Å². The quantitative estimate of drug-likeness (QED) is 0.848. The second kappa shape index (κ2) is 4.34. The average molecular weight is 253 g/mol. The molecule has 2 aliphatic heterocycles. The molecule has 1 atom stereocenters. The largest absolute Gasteiger partial charge is 0.476 e. The molecule has 1 aromatic rings. The predicted molar refractivity (Wildman–Crippen MR) is 65.3 cm³/mol. The third kappa shape index (κ3) is 1.95. The van der Waals surface area contributed by atoms with E-state index in [0.717, 1.165) is 25.3 Å². The number of carboxylic acid groups (broad SMARTS) is 1. The minimum atomic E-state index is -0.915. The van der Waals surface area contributed by atoms with Crippen molar-refractivity contribution in [2.24, 2.45) is 0 Å². The van der Waals surface area contributed by atoms with Crippen molar-refractivity contribution in [2.75, 3.05) is 18.1 Å². The highest BCUT2D eigenvalue weighted by molar-refractivity contribution is 7.99. The molecule has 0 radical (unpaired) electrons. The lowest BCUT2D eigenvalue weighted by Gasteiger charge is -2.32. The number of thioether (sulfide) groups is 1. The number of carbonyl (C=O) groups is 1. The minimum Gasteiger partial charge on any atom is -0.476 e. The molecule has 5 nitrogen and oxygen atoms in total. The highest BCUT2D eigenvalue weighted by Crippen LogP contribution is 2.26. The Bertz CT molecular complexity index is 440. The Morgan fingerprint density at radius 1 is 1.53 bits per heavy atom. The first-order valence-corrected chi connectivity index (χ1v) is 7.00. The van der Waals surface area contributed by atoms with Gasteiger partial charge in [-0.15, -0.1) is 0 Å². The molecule has 1 N–H and O–H groups in total. The Balaban J connectivity index is 1.83. The van der Waals surface area contributed by atoms with E-state index in [-0.39, 0.29) is 5.69 Å². The van der Waals surface area contributed by atoms with Crippen LogP contribution in [-0.4, -0.2) is 49.6 Å². The predicted octanol–water partition coefficient (Wildman–Crippen LogP) is 0.902. The summed E-state index contributed by atoms with van der Waals surface area (Å²) in [5.41, 5.74) is 1.08. The van der Waals surface area contributed by atoms with Crippen LogP contribution in [0.15, 0.2) is 6.33 Å². The zero-order valence-electron chi connectivity index (χ0n) is 9.50. The summed E-state index contributed by atoms with van der Waals surface area (Å²) in [6.45, 7) is 2.59. The fourth-order valence-electron chi connectivity index (χ4n) is 2.57. The van der Waals surface area contributed by atoms with Crippen LogP contribution in [0, 0.1) is 0 Å². The van der Waals surface area contributed by atoms with Gasteiger partial charge in [-0.25, -0.2) is 9.78 Å². The second-order valence-corrected chi connectivity index (χ2v) is 5.68. The van der Waals surface area contributed by atoms with Crippen LogP contribution in [-0.2, 0) is 13.1 Å². The monoisotopic (exact) mass is 253 g/mol. The number of nitrogens with zero attached hydrogens (tertiary/aromatic N) is 3. The summed E-state index contributed by atoms with van der Waals surface area (Å²) in [4.78, 5) is 17.5. The molecule has 0 aromatic carbocycles. The number of hydrogen-bond acceptors (Lipinski definition) is 4. The molecule has 0 bridgehead atoms. The number of imidazole rings is 1. The maximum absolute atomic E-state index is 11.1. The highest BCUT2D eigenvalue weighted by atomic mass is 32.2. The van der Waals surface area contributed by atoms with E-state index in [9.17, 15) is 4.79 Å². The van der Waals surface area contributed by atoms with Crippen molar-refractivity contribution < 1.29 is 9.90 Å². The molecule has 0 amide bonds. The molecule has 6 heteroatoms. The molecule has 0 aliphatic carbocycles. The molecule has 1 fully saturated rings. The highest BCUT2D eigenvalue weighted by Gasteiger charge is 2.29. The number of aromatic nitrogens is 2. The second-order valence-electron chi connectivity index (χ2n) is 4.53. The van der Waals surface area contributed by atoms with E-state index in [1.807, 2.05) is 16.3 Å². The minimum absolute atomic E-state index is 0.223. The van der Waals surface area contributed by atoms with Crippen LogP contribution in [0.1, 0.15) is 22.6 Å². The molecule has 1 aromatic heterocycles. The standard InChI is InChI=1S/C11H15N3O2S/c15-11(16)10-9-5-13(8-1-4-17-6-8)2-3-14(9)7-12-10/h7-8H,1-6H2,(H,15,16). The van der Waals surface area contributed by atoms with Crippen molar-refractivity contribution in [3.8, 4) is 0 Å². The Labute approximate surface area is 104 Å². The van der Waals surface area contributed by atoms with E-state index >= 15 is 0 Å². The molecule has 1 unspecified atom stereocenters. The SMILES string of the molecule is O=C(O)c1ncn2c1CN(C1CCSC1)CC2. The van der Waals surface area contributed by atoms with Crippen LogP contribution in [0.2, 0.25) is 0 Å². The maximum atomic E-state index is 11.1. The van der Waals surface area contributed by atoms with Gasteiger partial charge in [0.2, 0.25) is 0 Å². The zero-order valence-corrected chi connectivity index (χ0v) is 10.3. The topological polar surface area (TPSA) is 58.4 Å². The smallest absolute Gasteiger partial charge is 0.356 e. The van der Waals surface area contributed by atoms with Crippen molar-refractivity contribution >= 4 is 17.7 Å². The average Bonchev–Trinajstić information content (AvgIpc) is 2.97.